The van der Waals surface area contributed by atoms with Crippen LogP contribution in [-0.4, -0.2) is 27.4 Å². The first kappa shape index (κ1) is 15.1. The van der Waals surface area contributed by atoms with E-state index in [1.165, 1.54) is 11.8 Å². The van der Waals surface area contributed by atoms with Crippen LogP contribution in [0.5, 0.6) is 5.75 Å². The highest BCUT2D eigenvalue weighted by molar-refractivity contribution is 5.96. The van der Waals surface area contributed by atoms with E-state index in [1.54, 1.807) is 24.3 Å². The molecule has 0 unspecified atom stereocenters. The number of fused-ring (bicyclic) bond motifs is 3. The van der Waals surface area contributed by atoms with Gasteiger partial charge >= 0.3 is 0 Å². The van der Waals surface area contributed by atoms with E-state index in [0.29, 0.717) is 11.3 Å². The molecule has 3 aromatic rings. The van der Waals surface area contributed by atoms with Gasteiger partial charge in [-0.1, -0.05) is 36.4 Å². The molecule has 124 valence electrons. The van der Waals surface area contributed by atoms with Gasteiger partial charge in [-0.25, -0.2) is 5.43 Å². The molecule has 1 aliphatic carbocycles. The molecular weight excluding hydrogens is 316 g/mol. The van der Waals surface area contributed by atoms with Gasteiger partial charge in [-0.05, 0) is 36.1 Å². The van der Waals surface area contributed by atoms with Crippen LogP contribution >= 0.6 is 0 Å². The zero-order valence-electron chi connectivity index (χ0n) is 13.4. The van der Waals surface area contributed by atoms with Gasteiger partial charge in [0.15, 0.2) is 0 Å². The zero-order valence-corrected chi connectivity index (χ0v) is 13.4. The number of amides is 1. The van der Waals surface area contributed by atoms with Crippen LogP contribution in [0.4, 0.5) is 0 Å². The number of H-pyrrole nitrogens is 1. The molecule has 3 N–H and O–H groups in total. The highest BCUT2D eigenvalue weighted by Gasteiger charge is 2.24. The van der Waals surface area contributed by atoms with E-state index >= 15 is 0 Å². The molecule has 0 fully saturated rings. The summed E-state index contributed by atoms with van der Waals surface area (Å²) in [6.45, 7) is 0. The number of benzene rings is 2. The summed E-state index contributed by atoms with van der Waals surface area (Å²) in [6.07, 6.45) is 3.13. The standard InChI is InChI=1S/C19H16N4O2/c24-14-6-3-4-12(10-14)11-20-23-19(25)18-16-9-8-13-5-1-2-7-15(13)17(16)21-22-18/h1-7,10-11,24H,8-9H2,(H,21,22)(H,23,25). The molecule has 0 saturated carbocycles. The van der Waals surface area contributed by atoms with Crippen LogP contribution in [0.1, 0.15) is 27.2 Å². The molecule has 1 aliphatic rings. The summed E-state index contributed by atoms with van der Waals surface area (Å²) in [6, 6.07) is 14.7. The predicted octanol–water partition coefficient (Wildman–Crippen LogP) is 2.64. The third kappa shape index (κ3) is 2.89. The highest BCUT2D eigenvalue weighted by atomic mass is 16.3. The van der Waals surface area contributed by atoms with Crippen molar-refractivity contribution in [3.8, 4) is 17.0 Å². The van der Waals surface area contributed by atoms with Crippen molar-refractivity contribution < 1.29 is 9.90 Å². The van der Waals surface area contributed by atoms with Crippen LogP contribution < -0.4 is 5.43 Å². The van der Waals surface area contributed by atoms with Crippen molar-refractivity contribution in [1.29, 1.82) is 0 Å². The van der Waals surface area contributed by atoms with Crippen LogP contribution in [0.3, 0.4) is 0 Å². The Hall–Kier alpha value is -3.41. The van der Waals surface area contributed by atoms with Crippen molar-refractivity contribution in [3.63, 3.8) is 0 Å². The van der Waals surface area contributed by atoms with Gasteiger partial charge < -0.3 is 5.11 Å². The first-order valence-electron chi connectivity index (χ1n) is 8.00. The average Bonchev–Trinajstić information content (AvgIpc) is 3.06. The minimum absolute atomic E-state index is 0.150. The number of hydrazone groups is 1. The Labute approximate surface area is 144 Å². The van der Waals surface area contributed by atoms with Gasteiger partial charge in [-0.3, -0.25) is 9.89 Å². The van der Waals surface area contributed by atoms with Crippen LogP contribution in [0.2, 0.25) is 0 Å². The zero-order chi connectivity index (χ0) is 17.2. The Morgan fingerprint density at radius 1 is 1.20 bits per heavy atom. The Balaban J connectivity index is 1.54. The summed E-state index contributed by atoms with van der Waals surface area (Å²) in [7, 11) is 0. The molecule has 1 aromatic heterocycles. The van der Waals surface area contributed by atoms with Gasteiger partial charge in [-0.2, -0.15) is 10.2 Å². The number of phenols is 1. The van der Waals surface area contributed by atoms with E-state index in [2.05, 4.69) is 26.8 Å². The second-order valence-electron chi connectivity index (χ2n) is 5.88. The minimum Gasteiger partial charge on any atom is -0.508 e. The van der Waals surface area contributed by atoms with Crippen molar-refractivity contribution in [3.05, 3.63) is 70.9 Å². The number of aryl methyl sites for hydroxylation is 1. The fourth-order valence-corrected chi connectivity index (χ4v) is 3.07. The van der Waals surface area contributed by atoms with Crippen molar-refractivity contribution >= 4 is 12.1 Å². The van der Waals surface area contributed by atoms with Crippen molar-refractivity contribution in [2.75, 3.05) is 0 Å². The Bertz CT molecular complexity index is 975. The molecular formula is C19H16N4O2. The second-order valence-corrected chi connectivity index (χ2v) is 5.88. The number of nitrogens with one attached hydrogen (secondary N) is 2. The van der Waals surface area contributed by atoms with Crippen LogP contribution in [0.15, 0.2) is 53.6 Å². The minimum atomic E-state index is -0.329. The number of aromatic amines is 1. The number of rotatable bonds is 3. The van der Waals surface area contributed by atoms with Crippen molar-refractivity contribution in [2.45, 2.75) is 12.8 Å². The molecule has 25 heavy (non-hydrogen) atoms. The Morgan fingerprint density at radius 2 is 2.08 bits per heavy atom. The lowest BCUT2D eigenvalue weighted by atomic mass is 9.89. The van der Waals surface area contributed by atoms with E-state index in [9.17, 15) is 9.90 Å². The fraction of sp³-hybridized carbons (Fsp3) is 0.105. The first-order chi connectivity index (χ1) is 12.2. The number of hydrogen-bond acceptors (Lipinski definition) is 4. The quantitative estimate of drug-likeness (QED) is 0.509. The number of aromatic hydroxyl groups is 1. The van der Waals surface area contributed by atoms with Crippen LogP contribution in [-0.2, 0) is 12.8 Å². The summed E-state index contributed by atoms with van der Waals surface area (Å²) in [5, 5.41) is 20.5. The number of hydrogen-bond donors (Lipinski definition) is 3. The molecule has 0 spiro atoms. The molecule has 0 aliphatic heterocycles. The van der Waals surface area contributed by atoms with Gasteiger partial charge in [-0.15, -0.1) is 0 Å². The Kier molecular flexibility index (Phi) is 3.78. The number of carbonyl (C=O) groups is 1. The second kappa shape index (κ2) is 6.24. The number of aromatic nitrogens is 2. The lowest BCUT2D eigenvalue weighted by molar-refractivity contribution is 0.0949. The van der Waals surface area contributed by atoms with Gasteiger partial charge in [0.2, 0.25) is 0 Å². The molecule has 1 heterocycles. The third-order valence-corrected chi connectivity index (χ3v) is 4.26. The maximum Gasteiger partial charge on any atom is 0.289 e. The predicted molar refractivity (Wildman–Crippen MR) is 94.6 cm³/mol. The van der Waals surface area contributed by atoms with E-state index < -0.39 is 0 Å². The molecule has 4 rings (SSSR count). The summed E-state index contributed by atoms with van der Waals surface area (Å²) >= 11 is 0. The molecule has 0 radical (unpaired) electrons. The topological polar surface area (TPSA) is 90.4 Å². The highest BCUT2D eigenvalue weighted by Crippen LogP contribution is 2.33. The number of nitrogens with zero attached hydrogens (tertiary/aromatic N) is 2. The maximum absolute atomic E-state index is 12.4. The smallest absolute Gasteiger partial charge is 0.289 e. The molecule has 2 aromatic carbocycles. The molecule has 6 nitrogen and oxygen atoms in total. The van der Waals surface area contributed by atoms with Gasteiger partial charge in [0.25, 0.3) is 5.91 Å². The lowest BCUT2D eigenvalue weighted by Gasteiger charge is -2.15. The van der Waals surface area contributed by atoms with Crippen LogP contribution in [0, 0.1) is 0 Å². The largest absolute Gasteiger partial charge is 0.508 e. The normalized spacial score (nSPS) is 12.6. The van der Waals surface area contributed by atoms with Crippen molar-refractivity contribution in [1.82, 2.24) is 15.6 Å². The molecule has 6 heteroatoms. The summed E-state index contributed by atoms with van der Waals surface area (Å²) in [4.78, 5) is 12.4. The van der Waals surface area contributed by atoms with E-state index in [4.69, 9.17) is 0 Å². The number of phenolic OH excluding ortho intramolecular Hbond substituents is 1. The average molecular weight is 332 g/mol. The fourth-order valence-electron chi connectivity index (χ4n) is 3.07. The monoisotopic (exact) mass is 332 g/mol. The third-order valence-electron chi connectivity index (χ3n) is 4.26. The first-order valence-corrected chi connectivity index (χ1v) is 8.00. The van der Waals surface area contributed by atoms with E-state index in [0.717, 1.165) is 29.7 Å². The molecule has 0 saturated heterocycles. The van der Waals surface area contributed by atoms with Gasteiger partial charge in [0.05, 0.1) is 11.9 Å². The lowest BCUT2D eigenvalue weighted by Crippen LogP contribution is -2.20. The summed E-state index contributed by atoms with van der Waals surface area (Å²) in [5.74, 6) is -0.180. The summed E-state index contributed by atoms with van der Waals surface area (Å²) < 4.78 is 0. The van der Waals surface area contributed by atoms with E-state index in [-0.39, 0.29) is 11.7 Å². The Morgan fingerprint density at radius 3 is 2.96 bits per heavy atom. The molecule has 1 amide bonds. The maximum atomic E-state index is 12.4. The van der Waals surface area contributed by atoms with E-state index in [1.807, 2.05) is 18.2 Å². The molecule has 0 bridgehead atoms. The van der Waals surface area contributed by atoms with Gasteiger partial charge in [0, 0.05) is 11.1 Å². The van der Waals surface area contributed by atoms with Gasteiger partial charge in [0.1, 0.15) is 11.4 Å². The SMILES string of the molecule is O=C(NN=Cc1cccc(O)c1)c1[nH]nc2c1CCc1ccccc1-2. The summed E-state index contributed by atoms with van der Waals surface area (Å²) in [5.41, 5.74) is 7.72. The van der Waals surface area contributed by atoms with Crippen LogP contribution in [0.25, 0.3) is 11.3 Å². The number of carbonyl (C=O) groups excluding carboxylic acids is 1. The molecule has 0 atom stereocenters. The van der Waals surface area contributed by atoms with Crippen molar-refractivity contribution in [2.24, 2.45) is 5.10 Å².